The number of nitrogens with zero attached hydrogens (tertiary/aromatic N) is 1. The van der Waals surface area contributed by atoms with Gasteiger partial charge in [0.15, 0.2) is 0 Å². The highest BCUT2D eigenvalue weighted by molar-refractivity contribution is 5.76. The van der Waals surface area contributed by atoms with Crippen LogP contribution < -0.4 is 5.32 Å². The third-order valence-electron chi connectivity index (χ3n) is 1.97. The van der Waals surface area contributed by atoms with Gasteiger partial charge in [-0.25, -0.2) is 0 Å². The molecule has 0 unspecified atom stereocenters. The molecule has 0 saturated heterocycles. The number of amides is 1. The molecule has 0 heterocycles. The summed E-state index contributed by atoms with van der Waals surface area (Å²) in [5.74, 6) is -0.294. The van der Waals surface area contributed by atoms with Crippen LogP contribution in [-0.4, -0.2) is 48.7 Å². The molecule has 0 aliphatic heterocycles. The van der Waals surface area contributed by atoms with Crippen LogP contribution in [0.25, 0.3) is 0 Å². The summed E-state index contributed by atoms with van der Waals surface area (Å²) in [6, 6.07) is 0. The summed E-state index contributed by atoms with van der Waals surface area (Å²) in [4.78, 5) is 13.0. The predicted molar refractivity (Wildman–Crippen MR) is 57.1 cm³/mol. The summed E-state index contributed by atoms with van der Waals surface area (Å²) in [6.45, 7) is 7.52. The van der Waals surface area contributed by atoms with Crippen LogP contribution in [0.5, 0.6) is 0 Å². The van der Waals surface area contributed by atoms with Crippen molar-refractivity contribution in [1.29, 1.82) is 0 Å². The minimum Gasteiger partial charge on any atom is -0.387 e. The van der Waals surface area contributed by atoms with E-state index in [0.29, 0.717) is 6.54 Å². The summed E-state index contributed by atoms with van der Waals surface area (Å²) < 4.78 is 0. The largest absolute Gasteiger partial charge is 0.387 e. The van der Waals surface area contributed by atoms with Crippen molar-refractivity contribution in [3.8, 4) is 0 Å². The number of rotatable bonds is 8. The van der Waals surface area contributed by atoms with E-state index in [1.807, 2.05) is 0 Å². The number of aliphatic hydroxyl groups excluding tert-OH is 1. The Morgan fingerprint density at radius 3 is 2.21 bits per heavy atom. The molecule has 0 bridgehead atoms. The maximum Gasteiger partial charge on any atom is 0.245 e. The molecule has 4 nitrogen and oxygen atoms in total. The number of carbonyl (C=O) groups is 1. The van der Waals surface area contributed by atoms with Gasteiger partial charge in [0, 0.05) is 13.1 Å². The molecule has 0 fully saturated rings. The molecular formula is C10H22N2O2. The van der Waals surface area contributed by atoms with Gasteiger partial charge in [-0.2, -0.15) is 0 Å². The Kier molecular flexibility index (Phi) is 8.57. The second-order valence-corrected chi connectivity index (χ2v) is 3.35. The summed E-state index contributed by atoms with van der Waals surface area (Å²) >= 11 is 0. The SMILES string of the molecule is CCCN(CCC)CCNC(=O)CO. The maximum atomic E-state index is 10.7. The average molecular weight is 202 g/mol. The first-order valence-electron chi connectivity index (χ1n) is 5.34. The van der Waals surface area contributed by atoms with Gasteiger partial charge >= 0.3 is 0 Å². The van der Waals surface area contributed by atoms with Crippen molar-refractivity contribution < 1.29 is 9.90 Å². The number of hydrogen-bond acceptors (Lipinski definition) is 3. The molecular weight excluding hydrogens is 180 g/mol. The zero-order valence-corrected chi connectivity index (χ0v) is 9.25. The van der Waals surface area contributed by atoms with Crippen molar-refractivity contribution in [2.75, 3.05) is 32.8 Å². The lowest BCUT2D eigenvalue weighted by Gasteiger charge is -2.20. The molecule has 1 amide bonds. The lowest BCUT2D eigenvalue weighted by Crippen LogP contribution is -2.36. The highest BCUT2D eigenvalue weighted by Crippen LogP contribution is 1.92. The molecule has 4 heteroatoms. The number of aliphatic hydroxyl groups is 1. The standard InChI is InChI=1S/C10H22N2O2/c1-3-6-12(7-4-2)8-5-11-10(14)9-13/h13H,3-9H2,1-2H3,(H,11,14). The van der Waals surface area contributed by atoms with Crippen molar-refractivity contribution in [2.24, 2.45) is 0 Å². The van der Waals surface area contributed by atoms with E-state index in [0.717, 1.165) is 32.5 Å². The highest BCUT2D eigenvalue weighted by Gasteiger charge is 2.02. The van der Waals surface area contributed by atoms with Crippen LogP contribution in [0.15, 0.2) is 0 Å². The Labute approximate surface area is 86.3 Å². The zero-order chi connectivity index (χ0) is 10.8. The number of carbonyl (C=O) groups excluding carboxylic acids is 1. The quantitative estimate of drug-likeness (QED) is 0.592. The van der Waals surface area contributed by atoms with Gasteiger partial charge in [-0.05, 0) is 25.9 Å². The van der Waals surface area contributed by atoms with E-state index in [1.165, 1.54) is 0 Å². The van der Waals surface area contributed by atoms with E-state index in [2.05, 4.69) is 24.1 Å². The lowest BCUT2D eigenvalue weighted by molar-refractivity contribution is -0.123. The monoisotopic (exact) mass is 202 g/mol. The Morgan fingerprint density at radius 2 is 1.79 bits per heavy atom. The van der Waals surface area contributed by atoms with Crippen molar-refractivity contribution in [3.05, 3.63) is 0 Å². The third kappa shape index (κ3) is 6.86. The second-order valence-electron chi connectivity index (χ2n) is 3.35. The average Bonchev–Trinajstić information content (AvgIpc) is 2.18. The topological polar surface area (TPSA) is 52.6 Å². The first-order chi connectivity index (χ1) is 6.74. The van der Waals surface area contributed by atoms with Crippen molar-refractivity contribution in [1.82, 2.24) is 10.2 Å². The van der Waals surface area contributed by atoms with Crippen LogP contribution in [0.4, 0.5) is 0 Å². The first-order valence-corrected chi connectivity index (χ1v) is 5.34. The number of hydrogen-bond donors (Lipinski definition) is 2. The maximum absolute atomic E-state index is 10.7. The fraction of sp³-hybridized carbons (Fsp3) is 0.900. The van der Waals surface area contributed by atoms with Crippen LogP contribution in [0, 0.1) is 0 Å². The zero-order valence-electron chi connectivity index (χ0n) is 9.25. The number of nitrogens with one attached hydrogen (secondary N) is 1. The molecule has 0 aromatic rings. The summed E-state index contributed by atoms with van der Waals surface area (Å²) in [6.07, 6.45) is 2.27. The van der Waals surface area contributed by atoms with E-state index in [4.69, 9.17) is 5.11 Å². The van der Waals surface area contributed by atoms with Gasteiger partial charge in [0.2, 0.25) is 5.91 Å². The summed E-state index contributed by atoms with van der Waals surface area (Å²) in [5, 5.41) is 11.1. The minimum absolute atomic E-state index is 0.294. The van der Waals surface area contributed by atoms with Crippen LogP contribution in [0.1, 0.15) is 26.7 Å². The fourth-order valence-corrected chi connectivity index (χ4v) is 1.38. The molecule has 0 spiro atoms. The molecule has 0 atom stereocenters. The Morgan fingerprint density at radius 1 is 1.21 bits per heavy atom. The highest BCUT2D eigenvalue weighted by atomic mass is 16.3. The van der Waals surface area contributed by atoms with Crippen molar-refractivity contribution in [3.63, 3.8) is 0 Å². The van der Waals surface area contributed by atoms with Gasteiger partial charge in [0.1, 0.15) is 6.61 Å². The van der Waals surface area contributed by atoms with E-state index < -0.39 is 6.61 Å². The van der Waals surface area contributed by atoms with E-state index in [1.54, 1.807) is 0 Å². The summed E-state index contributed by atoms with van der Waals surface area (Å²) in [5.41, 5.74) is 0. The van der Waals surface area contributed by atoms with Gasteiger partial charge in [0.05, 0.1) is 0 Å². The normalized spacial score (nSPS) is 10.6. The second kappa shape index (κ2) is 8.97. The molecule has 0 saturated carbocycles. The molecule has 14 heavy (non-hydrogen) atoms. The van der Waals surface area contributed by atoms with Crippen LogP contribution in [0.3, 0.4) is 0 Å². The molecule has 0 rings (SSSR count). The molecule has 0 aliphatic rings. The van der Waals surface area contributed by atoms with Gasteiger partial charge in [-0.15, -0.1) is 0 Å². The third-order valence-corrected chi connectivity index (χ3v) is 1.97. The first kappa shape index (κ1) is 13.4. The Bertz CT molecular complexity index is 145. The van der Waals surface area contributed by atoms with Gasteiger partial charge in [-0.3, -0.25) is 4.79 Å². The summed E-state index contributed by atoms with van der Waals surface area (Å²) in [7, 11) is 0. The van der Waals surface area contributed by atoms with Crippen molar-refractivity contribution in [2.45, 2.75) is 26.7 Å². The molecule has 0 aromatic carbocycles. The van der Waals surface area contributed by atoms with E-state index >= 15 is 0 Å². The van der Waals surface area contributed by atoms with Crippen LogP contribution >= 0.6 is 0 Å². The van der Waals surface area contributed by atoms with Gasteiger partial charge < -0.3 is 15.3 Å². The molecule has 0 aromatic heterocycles. The minimum atomic E-state index is -0.415. The fourth-order valence-electron chi connectivity index (χ4n) is 1.38. The van der Waals surface area contributed by atoms with Crippen LogP contribution in [0.2, 0.25) is 0 Å². The van der Waals surface area contributed by atoms with Crippen LogP contribution in [-0.2, 0) is 4.79 Å². The van der Waals surface area contributed by atoms with E-state index in [-0.39, 0.29) is 5.91 Å². The predicted octanol–water partition coefficient (Wildman–Crippen LogP) is 0.217. The Balaban J connectivity index is 3.54. The molecule has 2 N–H and O–H groups in total. The van der Waals surface area contributed by atoms with E-state index in [9.17, 15) is 4.79 Å². The molecule has 0 radical (unpaired) electrons. The van der Waals surface area contributed by atoms with Gasteiger partial charge in [-0.1, -0.05) is 13.8 Å². The van der Waals surface area contributed by atoms with Gasteiger partial charge in [0.25, 0.3) is 0 Å². The molecule has 0 aliphatic carbocycles. The smallest absolute Gasteiger partial charge is 0.245 e. The Hall–Kier alpha value is -0.610. The lowest BCUT2D eigenvalue weighted by atomic mass is 10.3. The molecule has 84 valence electrons. The van der Waals surface area contributed by atoms with Crippen molar-refractivity contribution >= 4 is 5.91 Å².